The predicted molar refractivity (Wildman–Crippen MR) is 202 cm³/mol. The van der Waals surface area contributed by atoms with E-state index in [4.69, 9.17) is 0 Å². The maximum atomic E-state index is 13.2. The van der Waals surface area contributed by atoms with Crippen LogP contribution in [0.1, 0.15) is 54.7 Å². The summed E-state index contributed by atoms with van der Waals surface area (Å²) in [6, 6.07) is 40.1. The van der Waals surface area contributed by atoms with E-state index in [0.717, 1.165) is 53.5 Å². The smallest absolute Gasteiger partial charge is 0.394 e. The van der Waals surface area contributed by atoms with Crippen molar-refractivity contribution in [3.8, 4) is 28.0 Å². The van der Waals surface area contributed by atoms with Crippen molar-refractivity contribution in [1.29, 1.82) is 0 Å². The molecule has 5 aromatic rings. The number of carbonyl (C=O) groups is 3. The number of amides is 2. The first kappa shape index (κ1) is 34.9. The third-order valence-electron chi connectivity index (χ3n) is 9.66. The highest BCUT2D eigenvalue weighted by Crippen LogP contribution is 2.41. The van der Waals surface area contributed by atoms with Gasteiger partial charge in [-0.2, -0.15) is 0 Å². The van der Waals surface area contributed by atoms with Gasteiger partial charge < -0.3 is 20.4 Å². The first-order valence-electron chi connectivity index (χ1n) is 17.5. The second-order valence-electron chi connectivity index (χ2n) is 13.1. The van der Waals surface area contributed by atoms with Gasteiger partial charge in [-0.15, -0.1) is 0 Å². The molecule has 1 atom stereocenters. The summed E-state index contributed by atoms with van der Waals surface area (Å²) in [5.74, 6) is -2.21. The average Bonchev–Trinajstić information content (AvgIpc) is 3.17. The van der Waals surface area contributed by atoms with Gasteiger partial charge in [-0.25, -0.2) is 4.79 Å². The lowest BCUT2D eigenvalue weighted by Crippen LogP contribution is -2.40. The maximum Gasteiger partial charge on any atom is 0.394 e. The Morgan fingerprint density at radius 1 is 0.745 bits per heavy atom. The normalized spacial score (nSPS) is 13.8. The van der Waals surface area contributed by atoms with Crippen molar-refractivity contribution >= 4 is 29.5 Å². The molecule has 0 radical (unpaired) electrons. The Balaban J connectivity index is 1.21. The Labute approximate surface area is 298 Å². The molecule has 5 aromatic carbocycles. The molecule has 1 unspecified atom stereocenters. The van der Waals surface area contributed by atoms with Crippen LogP contribution < -0.4 is 5.32 Å². The largest absolute Gasteiger partial charge is 0.507 e. The van der Waals surface area contributed by atoms with Gasteiger partial charge in [-0.05, 0) is 64.8 Å². The highest BCUT2D eigenvalue weighted by atomic mass is 16.4. The molecule has 0 bridgehead atoms. The molecule has 0 heterocycles. The molecule has 7 nitrogen and oxygen atoms in total. The number of phenols is 1. The molecule has 51 heavy (non-hydrogen) atoms. The fourth-order valence-electron chi connectivity index (χ4n) is 7.05. The molecule has 3 N–H and O–H groups in total. The van der Waals surface area contributed by atoms with E-state index in [1.165, 1.54) is 17.4 Å². The van der Waals surface area contributed by atoms with Gasteiger partial charge in [0.2, 0.25) is 5.91 Å². The van der Waals surface area contributed by atoms with Crippen molar-refractivity contribution in [1.82, 2.24) is 4.90 Å². The number of carboxylic acid groups (broad SMARTS) is 1. The van der Waals surface area contributed by atoms with Crippen molar-refractivity contribution in [3.05, 3.63) is 150 Å². The maximum absolute atomic E-state index is 13.2. The molecular formula is C44H42N2O5. The number of hydrogen-bond donors (Lipinski definition) is 3. The Hall–Kier alpha value is -5.95. The van der Waals surface area contributed by atoms with Crippen LogP contribution in [0.2, 0.25) is 0 Å². The fourth-order valence-corrected chi connectivity index (χ4v) is 7.05. The predicted octanol–water partition coefficient (Wildman–Crippen LogP) is 9.16. The van der Waals surface area contributed by atoms with Crippen LogP contribution in [0.5, 0.6) is 5.75 Å². The van der Waals surface area contributed by atoms with Gasteiger partial charge in [0.15, 0.2) is 0 Å². The molecule has 0 saturated heterocycles. The van der Waals surface area contributed by atoms with Crippen molar-refractivity contribution in [2.24, 2.45) is 5.92 Å². The zero-order chi connectivity index (χ0) is 35.6. The number of carbonyl (C=O) groups excluding carboxylic acids is 2. The summed E-state index contributed by atoms with van der Waals surface area (Å²) in [5.41, 5.74) is 6.22. The Kier molecular flexibility index (Phi) is 11.4. The summed E-state index contributed by atoms with van der Waals surface area (Å²) in [6.45, 7) is 0.538. The SMILES string of the molecule is O=C(/C=C/c1ccc(C(CN(Cc2ccccc2)C(=O)C(=O)O)C2CCCCC2)cc1)Nc1cc(-c2ccccc2)c(O)c(-c2ccccc2)c1. The Morgan fingerprint density at radius 2 is 1.29 bits per heavy atom. The number of benzene rings is 5. The van der Waals surface area contributed by atoms with Crippen LogP contribution in [0.3, 0.4) is 0 Å². The van der Waals surface area contributed by atoms with Crippen LogP contribution in [0.4, 0.5) is 5.69 Å². The number of nitrogens with one attached hydrogen (secondary N) is 1. The minimum absolute atomic E-state index is 0.0224. The van der Waals surface area contributed by atoms with E-state index in [2.05, 4.69) is 5.32 Å². The summed E-state index contributed by atoms with van der Waals surface area (Å²) < 4.78 is 0. The molecule has 7 heteroatoms. The molecule has 1 fully saturated rings. The summed E-state index contributed by atoms with van der Waals surface area (Å²) >= 11 is 0. The van der Waals surface area contributed by atoms with Crippen LogP contribution in [-0.4, -0.2) is 39.4 Å². The molecule has 0 aliphatic heterocycles. The molecule has 1 saturated carbocycles. The van der Waals surface area contributed by atoms with Gasteiger partial charge in [0, 0.05) is 41.9 Å². The van der Waals surface area contributed by atoms with Gasteiger partial charge >= 0.3 is 11.9 Å². The van der Waals surface area contributed by atoms with Crippen molar-refractivity contribution in [2.75, 3.05) is 11.9 Å². The van der Waals surface area contributed by atoms with Crippen LogP contribution in [0, 0.1) is 5.92 Å². The summed E-state index contributed by atoms with van der Waals surface area (Å²) in [7, 11) is 0. The average molecular weight is 679 g/mol. The first-order valence-corrected chi connectivity index (χ1v) is 17.5. The second kappa shape index (κ2) is 16.6. The van der Waals surface area contributed by atoms with E-state index in [-0.39, 0.29) is 24.1 Å². The zero-order valence-corrected chi connectivity index (χ0v) is 28.4. The third-order valence-corrected chi connectivity index (χ3v) is 9.66. The molecule has 1 aliphatic carbocycles. The minimum atomic E-state index is -1.45. The van der Waals surface area contributed by atoms with E-state index < -0.39 is 11.9 Å². The Morgan fingerprint density at radius 3 is 1.84 bits per heavy atom. The van der Waals surface area contributed by atoms with Crippen molar-refractivity contribution in [2.45, 2.75) is 44.6 Å². The molecule has 0 spiro atoms. The van der Waals surface area contributed by atoms with Gasteiger partial charge in [-0.3, -0.25) is 9.59 Å². The highest BCUT2D eigenvalue weighted by molar-refractivity contribution is 6.31. The Bertz CT molecular complexity index is 1910. The molecule has 2 amide bonds. The number of aromatic hydroxyl groups is 1. The number of anilines is 1. The quantitative estimate of drug-likeness (QED) is 0.0734. The molecule has 1 aliphatic rings. The van der Waals surface area contributed by atoms with E-state index in [9.17, 15) is 24.6 Å². The fraction of sp³-hybridized carbons (Fsp3) is 0.205. The second-order valence-corrected chi connectivity index (χ2v) is 13.1. The van der Waals surface area contributed by atoms with Gasteiger partial charge in [-0.1, -0.05) is 135 Å². The standard InChI is InChI=1S/C44H42N2O5/c47-41(45-37-27-38(33-15-7-2-8-16-33)42(48)39(28-37)34-17-9-3-10-18-34)26-23-31-21-24-36(25-22-31)40(35-19-11-4-12-20-35)30-46(43(49)44(50)51)29-32-13-5-1-6-14-32/h1-3,5-10,13-18,21-28,35,40,48H,4,11-12,19-20,29-30H2,(H,45,47)(H,50,51)/b26-23+. The highest BCUT2D eigenvalue weighted by Gasteiger charge is 2.31. The van der Waals surface area contributed by atoms with Gasteiger partial charge in [0.25, 0.3) is 0 Å². The van der Waals surface area contributed by atoms with E-state index in [1.807, 2.05) is 115 Å². The number of phenolic OH excluding ortho intramolecular Hbond substituents is 1. The van der Waals surface area contributed by atoms with E-state index in [0.29, 0.717) is 29.3 Å². The van der Waals surface area contributed by atoms with Crippen LogP contribution in [-0.2, 0) is 20.9 Å². The molecule has 0 aromatic heterocycles. The molecule has 258 valence electrons. The number of carboxylic acids is 1. The van der Waals surface area contributed by atoms with Crippen LogP contribution >= 0.6 is 0 Å². The number of aliphatic carboxylic acids is 1. The summed E-state index contributed by atoms with van der Waals surface area (Å²) in [5, 5.41) is 23.9. The van der Waals surface area contributed by atoms with Gasteiger partial charge in [0.05, 0.1) is 0 Å². The molecule has 6 rings (SSSR count). The lowest BCUT2D eigenvalue weighted by atomic mass is 9.76. The lowest BCUT2D eigenvalue weighted by molar-refractivity contribution is -0.156. The van der Waals surface area contributed by atoms with Crippen LogP contribution in [0.15, 0.2) is 133 Å². The third kappa shape index (κ3) is 9.00. The lowest BCUT2D eigenvalue weighted by Gasteiger charge is -2.34. The number of hydrogen-bond acceptors (Lipinski definition) is 4. The van der Waals surface area contributed by atoms with Gasteiger partial charge in [0.1, 0.15) is 5.75 Å². The number of rotatable bonds is 11. The van der Waals surface area contributed by atoms with Crippen LogP contribution in [0.25, 0.3) is 28.3 Å². The van der Waals surface area contributed by atoms with Crippen molar-refractivity contribution in [3.63, 3.8) is 0 Å². The zero-order valence-electron chi connectivity index (χ0n) is 28.4. The summed E-state index contributed by atoms with van der Waals surface area (Å²) in [4.78, 5) is 39.4. The summed E-state index contributed by atoms with van der Waals surface area (Å²) in [6.07, 6.45) is 8.71. The minimum Gasteiger partial charge on any atom is -0.507 e. The van der Waals surface area contributed by atoms with Crippen molar-refractivity contribution < 1.29 is 24.6 Å². The first-order chi connectivity index (χ1) is 24.9. The van der Waals surface area contributed by atoms with E-state index in [1.54, 1.807) is 18.2 Å². The topological polar surface area (TPSA) is 107 Å². The monoisotopic (exact) mass is 678 g/mol. The number of nitrogens with zero attached hydrogens (tertiary/aromatic N) is 1. The van der Waals surface area contributed by atoms with E-state index >= 15 is 0 Å². The molecular weight excluding hydrogens is 636 g/mol.